The Labute approximate surface area is 188 Å². The minimum atomic E-state index is -0.225. The topological polar surface area (TPSA) is 84.2 Å². The van der Waals surface area contributed by atoms with E-state index >= 15 is 0 Å². The van der Waals surface area contributed by atoms with E-state index in [1.165, 1.54) is 12.5 Å². The third-order valence-electron chi connectivity index (χ3n) is 5.75. The molecule has 1 aromatic heterocycles. The Kier molecular flexibility index (Phi) is 5.87. The van der Waals surface area contributed by atoms with Gasteiger partial charge < -0.3 is 15.1 Å². The Morgan fingerprint density at radius 2 is 1.59 bits per heavy atom. The van der Waals surface area contributed by atoms with Crippen LogP contribution < -0.4 is 10.6 Å². The first-order valence-electron chi connectivity index (χ1n) is 11.0. The van der Waals surface area contributed by atoms with Crippen molar-refractivity contribution in [3.8, 4) is 22.8 Å². The molecule has 4 rings (SSSR count). The first-order chi connectivity index (χ1) is 15.2. The van der Waals surface area contributed by atoms with Crippen LogP contribution in [-0.2, 0) is 10.2 Å². The van der Waals surface area contributed by atoms with E-state index in [-0.39, 0.29) is 29.0 Å². The molecule has 166 valence electrons. The van der Waals surface area contributed by atoms with E-state index in [4.69, 9.17) is 4.42 Å². The molecule has 1 fully saturated rings. The van der Waals surface area contributed by atoms with Gasteiger partial charge in [-0.1, -0.05) is 32.9 Å². The molecule has 32 heavy (non-hydrogen) atoms. The SMILES string of the molecule is CC(=O)Nc1ccc(-c2oc(-c3ccc(C(C)(C)C)cc3)nc2C(=O)NC2CCC2)cc1. The van der Waals surface area contributed by atoms with Gasteiger partial charge >= 0.3 is 0 Å². The van der Waals surface area contributed by atoms with Gasteiger partial charge in [0.2, 0.25) is 11.8 Å². The normalized spacial score (nSPS) is 14.0. The highest BCUT2D eigenvalue weighted by molar-refractivity contribution is 5.98. The maximum absolute atomic E-state index is 13.0. The lowest BCUT2D eigenvalue weighted by atomic mass is 9.87. The van der Waals surface area contributed by atoms with Gasteiger partial charge in [0.05, 0.1) is 0 Å². The first kappa shape index (κ1) is 21.8. The molecule has 2 N–H and O–H groups in total. The maximum atomic E-state index is 13.0. The number of amides is 2. The van der Waals surface area contributed by atoms with E-state index in [2.05, 4.69) is 48.5 Å². The van der Waals surface area contributed by atoms with E-state index in [1.54, 1.807) is 12.1 Å². The van der Waals surface area contributed by atoms with Crippen LogP contribution in [0, 0.1) is 0 Å². The van der Waals surface area contributed by atoms with Crippen LogP contribution in [0.2, 0.25) is 0 Å². The maximum Gasteiger partial charge on any atom is 0.274 e. The van der Waals surface area contributed by atoms with Crippen molar-refractivity contribution in [1.82, 2.24) is 10.3 Å². The molecule has 3 aromatic rings. The van der Waals surface area contributed by atoms with Gasteiger partial charge in [-0.05, 0) is 66.6 Å². The third-order valence-corrected chi connectivity index (χ3v) is 5.75. The first-order valence-corrected chi connectivity index (χ1v) is 11.0. The summed E-state index contributed by atoms with van der Waals surface area (Å²) in [6.45, 7) is 7.96. The lowest BCUT2D eigenvalue weighted by Crippen LogP contribution is -2.39. The largest absolute Gasteiger partial charge is 0.435 e. The Balaban J connectivity index is 1.69. The average Bonchev–Trinajstić information content (AvgIpc) is 3.16. The van der Waals surface area contributed by atoms with Crippen LogP contribution in [0.15, 0.2) is 52.9 Å². The number of nitrogens with zero attached hydrogens (tertiary/aromatic N) is 1. The smallest absolute Gasteiger partial charge is 0.274 e. The number of nitrogens with one attached hydrogen (secondary N) is 2. The fourth-order valence-corrected chi connectivity index (χ4v) is 3.62. The van der Waals surface area contributed by atoms with Crippen LogP contribution in [0.1, 0.15) is 63.0 Å². The zero-order valence-corrected chi connectivity index (χ0v) is 19.0. The van der Waals surface area contributed by atoms with Gasteiger partial charge in [-0.2, -0.15) is 0 Å². The molecule has 0 spiro atoms. The summed E-state index contributed by atoms with van der Waals surface area (Å²) in [5.74, 6) is 0.465. The van der Waals surface area contributed by atoms with Crippen molar-refractivity contribution in [1.29, 1.82) is 0 Å². The Morgan fingerprint density at radius 3 is 2.12 bits per heavy atom. The van der Waals surface area contributed by atoms with E-state index in [9.17, 15) is 9.59 Å². The predicted octanol–water partition coefficient (Wildman–Crippen LogP) is 5.55. The Morgan fingerprint density at radius 1 is 0.969 bits per heavy atom. The molecule has 2 aromatic carbocycles. The summed E-state index contributed by atoms with van der Waals surface area (Å²) in [4.78, 5) is 28.9. The molecule has 1 aliphatic carbocycles. The molecule has 0 atom stereocenters. The second-order valence-corrected chi connectivity index (χ2v) is 9.38. The molecular weight excluding hydrogens is 402 g/mol. The number of rotatable bonds is 5. The number of hydrogen-bond donors (Lipinski definition) is 2. The fraction of sp³-hybridized carbons (Fsp3) is 0.346. The van der Waals surface area contributed by atoms with E-state index in [0.717, 1.165) is 30.4 Å². The molecule has 0 radical (unpaired) electrons. The summed E-state index contributed by atoms with van der Waals surface area (Å²) in [7, 11) is 0. The highest BCUT2D eigenvalue weighted by atomic mass is 16.4. The standard InChI is InChI=1S/C26H29N3O3/c1-16(30)27-21-14-10-17(11-15-21)23-22(24(31)28-20-6-5-7-20)29-25(32-23)18-8-12-19(13-9-18)26(2,3)4/h8-15,20H,5-7H2,1-4H3,(H,27,30)(H,28,31). The summed E-state index contributed by atoms with van der Waals surface area (Å²) < 4.78 is 6.13. The van der Waals surface area contributed by atoms with Gasteiger partial charge in [0, 0.05) is 29.8 Å². The molecular formula is C26H29N3O3. The number of anilines is 1. The molecule has 6 heteroatoms. The molecule has 6 nitrogen and oxygen atoms in total. The Bertz CT molecular complexity index is 1120. The molecule has 1 aliphatic rings. The highest BCUT2D eigenvalue weighted by Crippen LogP contribution is 2.32. The van der Waals surface area contributed by atoms with Crippen molar-refractivity contribution in [2.24, 2.45) is 0 Å². The van der Waals surface area contributed by atoms with Crippen molar-refractivity contribution in [2.45, 2.75) is 58.4 Å². The van der Waals surface area contributed by atoms with Crippen LogP contribution in [0.25, 0.3) is 22.8 Å². The summed E-state index contributed by atoms with van der Waals surface area (Å²) in [6.07, 6.45) is 3.11. The second kappa shape index (κ2) is 8.61. The van der Waals surface area contributed by atoms with Gasteiger partial charge in [-0.3, -0.25) is 9.59 Å². The van der Waals surface area contributed by atoms with Crippen LogP contribution in [-0.4, -0.2) is 22.8 Å². The third kappa shape index (κ3) is 4.74. The number of aromatic nitrogens is 1. The molecule has 2 amide bonds. The zero-order valence-electron chi connectivity index (χ0n) is 19.0. The summed E-state index contributed by atoms with van der Waals surface area (Å²) in [6, 6.07) is 15.5. The van der Waals surface area contributed by atoms with Gasteiger partial charge in [-0.25, -0.2) is 4.98 Å². The average molecular weight is 432 g/mol. The summed E-state index contributed by atoms with van der Waals surface area (Å²) in [5, 5.41) is 5.80. The summed E-state index contributed by atoms with van der Waals surface area (Å²) >= 11 is 0. The lowest BCUT2D eigenvalue weighted by Gasteiger charge is -2.25. The van der Waals surface area contributed by atoms with Gasteiger partial charge in [0.15, 0.2) is 11.5 Å². The van der Waals surface area contributed by atoms with E-state index in [1.807, 2.05) is 24.3 Å². The minimum Gasteiger partial charge on any atom is -0.435 e. The van der Waals surface area contributed by atoms with E-state index < -0.39 is 0 Å². The Hall–Kier alpha value is -3.41. The van der Waals surface area contributed by atoms with Crippen molar-refractivity contribution >= 4 is 17.5 Å². The van der Waals surface area contributed by atoms with Crippen molar-refractivity contribution in [3.63, 3.8) is 0 Å². The molecule has 1 saturated carbocycles. The zero-order chi connectivity index (χ0) is 22.9. The molecule has 0 unspecified atom stereocenters. The fourth-order valence-electron chi connectivity index (χ4n) is 3.62. The monoisotopic (exact) mass is 431 g/mol. The lowest BCUT2D eigenvalue weighted by molar-refractivity contribution is -0.114. The van der Waals surface area contributed by atoms with Crippen molar-refractivity contribution < 1.29 is 14.0 Å². The van der Waals surface area contributed by atoms with Crippen LogP contribution >= 0.6 is 0 Å². The van der Waals surface area contributed by atoms with Crippen molar-refractivity contribution in [3.05, 3.63) is 59.8 Å². The van der Waals surface area contributed by atoms with E-state index in [0.29, 0.717) is 17.3 Å². The van der Waals surface area contributed by atoms with Crippen molar-refractivity contribution in [2.75, 3.05) is 5.32 Å². The number of hydrogen-bond acceptors (Lipinski definition) is 4. The number of carbonyl (C=O) groups is 2. The molecule has 0 aliphatic heterocycles. The molecule has 1 heterocycles. The molecule has 0 saturated heterocycles. The molecule has 0 bridgehead atoms. The van der Waals surface area contributed by atoms with Crippen LogP contribution in [0.5, 0.6) is 0 Å². The van der Waals surface area contributed by atoms with Gasteiger partial charge in [-0.15, -0.1) is 0 Å². The highest BCUT2D eigenvalue weighted by Gasteiger charge is 2.26. The number of benzene rings is 2. The van der Waals surface area contributed by atoms with Crippen LogP contribution in [0.3, 0.4) is 0 Å². The second-order valence-electron chi connectivity index (χ2n) is 9.38. The number of carbonyl (C=O) groups excluding carboxylic acids is 2. The number of oxazole rings is 1. The van der Waals surface area contributed by atoms with Crippen LogP contribution in [0.4, 0.5) is 5.69 Å². The quantitative estimate of drug-likeness (QED) is 0.555. The van der Waals surface area contributed by atoms with Gasteiger partial charge in [0.1, 0.15) is 0 Å². The summed E-state index contributed by atoms with van der Waals surface area (Å²) in [5.41, 5.74) is 3.76. The predicted molar refractivity (Wildman–Crippen MR) is 125 cm³/mol. The minimum absolute atomic E-state index is 0.0454. The van der Waals surface area contributed by atoms with Gasteiger partial charge in [0.25, 0.3) is 5.91 Å².